The van der Waals surface area contributed by atoms with Crippen LogP contribution in [0.1, 0.15) is 37.7 Å². The van der Waals surface area contributed by atoms with Crippen molar-refractivity contribution in [3.05, 3.63) is 48.0 Å². The maximum absolute atomic E-state index is 12.4. The van der Waals surface area contributed by atoms with Crippen molar-refractivity contribution in [2.24, 2.45) is 13.0 Å². The predicted octanol–water partition coefficient (Wildman–Crippen LogP) is 2.04. The molecule has 6 nitrogen and oxygen atoms in total. The van der Waals surface area contributed by atoms with Crippen LogP contribution < -0.4 is 10.1 Å². The fourth-order valence-electron chi connectivity index (χ4n) is 2.42. The highest BCUT2D eigenvalue weighted by molar-refractivity contribution is 5.77. The van der Waals surface area contributed by atoms with Crippen LogP contribution >= 0.6 is 0 Å². The van der Waals surface area contributed by atoms with E-state index in [1.54, 1.807) is 13.3 Å². The number of methoxy groups -OCH3 is 1. The van der Waals surface area contributed by atoms with Gasteiger partial charge in [-0.15, -0.1) is 0 Å². The van der Waals surface area contributed by atoms with E-state index >= 15 is 0 Å². The normalized spacial score (nSPS) is 13.6. The molecule has 6 heteroatoms. The Kier molecular flexibility index (Phi) is 5.98. The number of aliphatic hydroxyl groups is 1. The molecule has 1 aromatic heterocycles. The molecule has 0 fully saturated rings. The molecule has 0 saturated heterocycles. The van der Waals surface area contributed by atoms with Crippen LogP contribution in [0.5, 0.6) is 5.75 Å². The number of nitrogens with one attached hydrogen (secondary N) is 1. The van der Waals surface area contributed by atoms with Gasteiger partial charge in [-0.2, -0.15) is 0 Å². The predicted molar refractivity (Wildman–Crippen MR) is 91.6 cm³/mol. The Labute approximate surface area is 142 Å². The summed E-state index contributed by atoms with van der Waals surface area (Å²) >= 11 is 0. The van der Waals surface area contributed by atoms with Crippen molar-refractivity contribution in [2.75, 3.05) is 7.11 Å². The van der Waals surface area contributed by atoms with Crippen LogP contribution in [0.2, 0.25) is 0 Å². The van der Waals surface area contributed by atoms with Gasteiger partial charge in [-0.1, -0.05) is 26.0 Å². The molecule has 0 aliphatic heterocycles. The van der Waals surface area contributed by atoms with Crippen LogP contribution in [-0.2, 0) is 11.8 Å². The summed E-state index contributed by atoms with van der Waals surface area (Å²) < 4.78 is 7.14. The number of hydrogen-bond acceptors (Lipinski definition) is 4. The minimum atomic E-state index is -0.669. The SMILES string of the molecule is COc1cccc(C(NC(=O)CC(O)C(C)C)c2nccn2C)c1. The molecule has 2 rings (SSSR count). The quantitative estimate of drug-likeness (QED) is 0.814. The fraction of sp³-hybridized carbons (Fsp3) is 0.444. The van der Waals surface area contributed by atoms with Gasteiger partial charge >= 0.3 is 0 Å². The molecule has 0 bridgehead atoms. The van der Waals surface area contributed by atoms with Crippen molar-refractivity contribution in [3.8, 4) is 5.75 Å². The Morgan fingerprint density at radius 2 is 2.17 bits per heavy atom. The molecule has 0 aliphatic carbocycles. The number of carbonyl (C=O) groups is 1. The molecular formula is C18H25N3O3. The standard InChI is InChI=1S/C18H25N3O3/c1-12(2)15(22)11-16(23)20-17(18-19-8-9-21(18)3)13-6-5-7-14(10-13)24-4/h5-10,12,15,17,22H,11H2,1-4H3,(H,20,23). The van der Waals surface area contributed by atoms with Crippen LogP contribution in [0.4, 0.5) is 0 Å². The van der Waals surface area contributed by atoms with Gasteiger partial charge in [0.2, 0.25) is 5.91 Å². The van der Waals surface area contributed by atoms with E-state index in [1.807, 2.05) is 55.9 Å². The average molecular weight is 331 g/mol. The number of aryl methyl sites for hydroxylation is 1. The monoisotopic (exact) mass is 331 g/mol. The van der Waals surface area contributed by atoms with Gasteiger partial charge in [-0.25, -0.2) is 4.98 Å². The molecule has 0 spiro atoms. The molecule has 2 N–H and O–H groups in total. The van der Waals surface area contributed by atoms with Gasteiger partial charge in [-0.05, 0) is 23.6 Å². The Hall–Kier alpha value is -2.34. The zero-order valence-corrected chi connectivity index (χ0v) is 14.6. The van der Waals surface area contributed by atoms with E-state index in [4.69, 9.17) is 4.74 Å². The lowest BCUT2D eigenvalue weighted by Crippen LogP contribution is -2.34. The number of imidazole rings is 1. The molecule has 2 unspecified atom stereocenters. The van der Waals surface area contributed by atoms with E-state index in [0.717, 1.165) is 11.4 Å². The van der Waals surface area contributed by atoms with Crippen LogP contribution in [0.3, 0.4) is 0 Å². The number of amides is 1. The number of rotatable bonds is 7. The summed E-state index contributed by atoms with van der Waals surface area (Å²) in [5, 5.41) is 12.9. The van der Waals surface area contributed by atoms with E-state index < -0.39 is 12.1 Å². The topological polar surface area (TPSA) is 76.4 Å². The van der Waals surface area contributed by atoms with E-state index in [0.29, 0.717) is 5.75 Å². The van der Waals surface area contributed by atoms with Crippen LogP contribution in [0, 0.1) is 5.92 Å². The van der Waals surface area contributed by atoms with Gasteiger partial charge in [0.15, 0.2) is 0 Å². The highest BCUT2D eigenvalue weighted by atomic mass is 16.5. The molecule has 0 aliphatic rings. The van der Waals surface area contributed by atoms with Crippen molar-refractivity contribution in [3.63, 3.8) is 0 Å². The van der Waals surface area contributed by atoms with E-state index in [2.05, 4.69) is 10.3 Å². The number of hydrogen-bond donors (Lipinski definition) is 2. The summed E-state index contributed by atoms with van der Waals surface area (Å²) in [6.07, 6.45) is 2.91. The zero-order chi connectivity index (χ0) is 17.7. The summed E-state index contributed by atoms with van der Waals surface area (Å²) in [6.45, 7) is 3.77. The lowest BCUT2D eigenvalue weighted by atomic mass is 10.0. The number of aliphatic hydroxyl groups excluding tert-OH is 1. The van der Waals surface area contributed by atoms with Crippen LogP contribution in [0.15, 0.2) is 36.7 Å². The number of ether oxygens (including phenoxy) is 1. The maximum atomic E-state index is 12.4. The third-order valence-electron chi connectivity index (χ3n) is 4.01. The molecule has 0 saturated carbocycles. The van der Waals surface area contributed by atoms with Gasteiger partial charge in [0.25, 0.3) is 0 Å². The Morgan fingerprint density at radius 1 is 1.42 bits per heavy atom. The van der Waals surface area contributed by atoms with Gasteiger partial charge in [-0.3, -0.25) is 4.79 Å². The van der Waals surface area contributed by atoms with Crippen molar-refractivity contribution >= 4 is 5.91 Å². The molecule has 1 amide bonds. The van der Waals surface area contributed by atoms with E-state index in [1.165, 1.54) is 0 Å². The first-order valence-electron chi connectivity index (χ1n) is 8.01. The Bertz CT molecular complexity index is 682. The molecule has 2 atom stereocenters. The maximum Gasteiger partial charge on any atom is 0.223 e. The first kappa shape index (κ1) is 18.0. The van der Waals surface area contributed by atoms with Gasteiger partial charge in [0, 0.05) is 19.4 Å². The van der Waals surface area contributed by atoms with E-state index in [9.17, 15) is 9.90 Å². The second kappa shape index (κ2) is 7.97. The first-order valence-corrected chi connectivity index (χ1v) is 8.01. The number of benzene rings is 1. The third kappa shape index (κ3) is 4.35. The zero-order valence-electron chi connectivity index (χ0n) is 14.6. The summed E-state index contributed by atoms with van der Waals surface area (Å²) in [6, 6.07) is 7.11. The van der Waals surface area contributed by atoms with Crippen molar-refractivity contribution in [1.82, 2.24) is 14.9 Å². The lowest BCUT2D eigenvalue weighted by molar-refractivity contribution is -0.124. The van der Waals surface area contributed by atoms with Crippen LogP contribution in [-0.4, -0.2) is 33.8 Å². The molecule has 2 aromatic rings. The first-order chi connectivity index (χ1) is 11.4. The molecule has 1 aromatic carbocycles. The van der Waals surface area contributed by atoms with E-state index in [-0.39, 0.29) is 18.2 Å². The van der Waals surface area contributed by atoms with Crippen LogP contribution in [0.25, 0.3) is 0 Å². The fourth-order valence-corrected chi connectivity index (χ4v) is 2.42. The van der Waals surface area contributed by atoms with Crippen molar-refractivity contribution in [1.29, 1.82) is 0 Å². The largest absolute Gasteiger partial charge is 0.497 e. The Balaban J connectivity index is 2.27. The highest BCUT2D eigenvalue weighted by Gasteiger charge is 2.23. The summed E-state index contributed by atoms with van der Waals surface area (Å²) in [5.41, 5.74) is 0.871. The van der Waals surface area contributed by atoms with Gasteiger partial charge in [0.1, 0.15) is 17.6 Å². The second-order valence-electron chi connectivity index (χ2n) is 6.19. The molecule has 1 heterocycles. The minimum Gasteiger partial charge on any atom is -0.497 e. The van der Waals surface area contributed by atoms with Crippen molar-refractivity contribution < 1.29 is 14.6 Å². The smallest absolute Gasteiger partial charge is 0.223 e. The average Bonchev–Trinajstić information content (AvgIpc) is 2.98. The Morgan fingerprint density at radius 3 is 2.75 bits per heavy atom. The highest BCUT2D eigenvalue weighted by Crippen LogP contribution is 2.24. The number of aromatic nitrogens is 2. The van der Waals surface area contributed by atoms with Gasteiger partial charge < -0.3 is 19.7 Å². The third-order valence-corrected chi connectivity index (χ3v) is 4.01. The number of carbonyl (C=O) groups excluding carboxylic acids is 1. The summed E-state index contributed by atoms with van der Waals surface area (Å²) in [4.78, 5) is 16.7. The molecule has 0 radical (unpaired) electrons. The lowest BCUT2D eigenvalue weighted by Gasteiger charge is -2.21. The summed E-state index contributed by atoms with van der Waals surface area (Å²) in [5.74, 6) is 1.24. The summed E-state index contributed by atoms with van der Waals surface area (Å²) in [7, 11) is 3.48. The number of nitrogens with zero attached hydrogens (tertiary/aromatic N) is 2. The second-order valence-corrected chi connectivity index (χ2v) is 6.19. The minimum absolute atomic E-state index is 0.0270. The van der Waals surface area contributed by atoms with Gasteiger partial charge in [0.05, 0.1) is 19.6 Å². The molecule has 24 heavy (non-hydrogen) atoms. The molecular weight excluding hydrogens is 306 g/mol. The molecule has 130 valence electrons. The van der Waals surface area contributed by atoms with Crippen molar-refractivity contribution in [2.45, 2.75) is 32.4 Å².